The Morgan fingerprint density at radius 3 is 2.71 bits per heavy atom. The number of nitrogens with zero attached hydrogens (tertiary/aromatic N) is 2. The lowest BCUT2D eigenvalue weighted by Gasteiger charge is -2.12. The topological polar surface area (TPSA) is 93.1 Å². The summed E-state index contributed by atoms with van der Waals surface area (Å²) in [5, 5.41) is 1.30. The molecule has 0 bridgehead atoms. The fourth-order valence-corrected chi connectivity index (χ4v) is 5.79. The number of carbonyl (C=O) groups excluding carboxylic acids is 2. The molecule has 0 atom stereocenters. The number of hydrogen-bond acceptors (Lipinski definition) is 6. The van der Waals surface area contributed by atoms with E-state index in [2.05, 4.69) is 10.9 Å². The molecule has 1 aromatic carbocycles. The summed E-state index contributed by atoms with van der Waals surface area (Å²) < 4.78 is 1.68. The molecule has 3 aromatic rings. The van der Waals surface area contributed by atoms with Crippen molar-refractivity contribution in [3.05, 3.63) is 56.2 Å². The zero-order valence-corrected chi connectivity index (χ0v) is 19.1. The summed E-state index contributed by atoms with van der Waals surface area (Å²) in [4.78, 5) is 44.3. The molecule has 7 nitrogen and oxygen atoms in total. The van der Waals surface area contributed by atoms with E-state index in [1.165, 1.54) is 16.6 Å². The van der Waals surface area contributed by atoms with Crippen molar-refractivity contribution in [3.8, 4) is 0 Å². The normalized spacial score (nSPS) is 12.7. The van der Waals surface area contributed by atoms with Gasteiger partial charge in [0.1, 0.15) is 4.83 Å². The number of benzene rings is 1. The number of carbonyl (C=O) groups is 2. The Morgan fingerprint density at radius 2 is 1.97 bits per heavy atom. The number of thiophene rings is 1. The molecule has 0 unspecified atom stereocenters. The first kappa shape index (κ1) is 21.6. The van der Waals surface area contributed by atoms with Crippen LogP contribution < -0.4 is 16.4 Å². The molecular weight excluding hydrogens is 432 g/mol. The van der Waals surface area contributed by atoms with Crippen LogP contribution in [-0.4, -0.2) is 27.1 Å². The fourth-order valence-electron chi connectivity index (χ4n) is 3.66. The number of rotatable bonds is 6. The molecule has 31 heavy (non-hydrogen) atoms. The van der Waals surface area contributed by atoms with Gasteiger partial charge in [0.25, 0.3) is 11.5 Å². The molecule has 162 valence electrons. The number of hydrogen-bond donors (Lipinski definition) is 2. The molecule has 0 aliphatic heterocycles. The molecule has 2 heterocycles. The molecule has 2 aromatic heterocycles. The number of fused-ring (bicyclic) bond motifs is 3. The molecule has 0 saturated carbocycles. The van der Waals surface area contributed by atoms with Gasteiger partial charge in [-0.05, 0) is 50.3 Å². The highest BCUT2D eigenvalue weighted by molar-refractivity contribution is 7.99. The van der Waals surface area contributed by atoms with Gasteiger partial charge < -0.3 is 0 Å². The number of thioether (sulfide) groups is 1. The lowest BCUT2D eigenvalue weighted by atomic mass is 10.1. The summed E-state index contributed by atoms with van der Waals surface area (Å²) in [6.07, 6.45) is 3.84. The van der Waals surface area contributed by atoms with Crippen LogP contribution in [0.5, 0.6) is 0 Å². The maximum Gasteiger partial charge on any atom is 0.269 e. The van der Waals surface area contributed by atoms with E-state index in [1.807, 2.05) is 26.0 Å². The lowest BCUT2D eigenvalue weighted by Crippen LogP contribution is -2.42. The van der Waals surface area contributed by atoms with E-state index in [0.717, 1.165) is 47.0 Å². The van der Waals surface area contributed by atoms with E-state index in [9.17, 15) is 14.4 Å². The van der Waals surface area contributed by atoms with Crippen molar-refractivity contribution in [3.63, 3.8) is 0 Å². The van der Waals surface area contributed by atoms with Crippen LogP contribution in [0.4, 0.5) is 0 Å². The van der Waals surface area contributed by atoms with Gasteiger partial charge in [0.2, 0.25) is 5.91 Å². The number of aromatic nitrogens is 2. The van der Waals surface area contributed by atoms with Crippen LogP contribution in [0.3, 0.4) is 0 Å². The third kappa shape index (κ3) is 4.52. The minimum Gasteiger partial charge on any atom is -0.287 e. The summed E-state index contributed by atoms with van der Waals surface area (Å²) in [6.45, 7) is 4.50. The smallest absolute Gasteiger partial charge is 0.269 e. The van der Waals surface area contributed by atoms with Crippen LogP contribution in [0.1, 0.15) is 46.1 Å². The maximum atomic E-state index is 13.2. The molecule has 2 amide bonds. The van der Waals surface area contributed by atoms with Gasteiger partial charge in [0, 0.05) is 17.0 Å². The molecule has 0 fully saturated rings. The Kier molecular flexibility index (Phi) is 6.43. The Morgan fingerprint density at radius 1 is 1.19 bits per heavy atom. The fraction of sp³-hybridized carbons (Fsp3) is 0.364. The van der Waals surface area contributed by atoms with Gasteiger partial charge in [-0.1, -0.05) is 36.4 Å². The van der Waals surface area contributed by atoms with E-state index in [1.54, 1.807) is 28.0 Å². The SMILES string of the molecule is CCCn1c(SCC(=O)NNC(=O)c2ccc(C)cc2)nc2sc3c(c2c1=O)CCC3. The van der Waals surface area contributed by atoms with Gasteiger partial charge in [-0.25, -0.2) is 4.98 Å². The highest BCUT2D eigenvalue weighted by atomic mass is 32.2. The summed E-state index contributed by atoms with van der Waals surface area (Å²) in [6, 6.07) is 7.07. The average molecular weight is 457 g/mol. The number of hydrazine groups is 1. The van der Waals surface area contributed by atoms with Gasteiger partial charge in [0.15, 0.2) is 5.16 Å². The van der Waals surface area contributed by atoms with E-state index in [4.69, 9.17) is 4.98 Å². The number of amides is 2. The Bertz CT molecular complexity index is 1200. The molecular formula is C22H24N4O3S2. The van der Waals surface area contributed by atoms with Crippen LogP contribution in [-0.2, 0) is 24.2 Å². The first-order valence-electron chi connectivity index (χ1n) is 10.3. The Balaban J connectivity index is 1.45. The summed E-state index contributed by atoms with van der Waals surface area (Å²) in [7, 11) is 0. The second-order valence-corrected chi connectivity index (χ2v) is 9.57. The first-order chi connectivity index (χ1) is 15.0. The summed E-state index contributed by atoms with van der Waals surface area (Å²) in [5.41, 5.74) is 7.52. The molecule has 9 heteroatoms. The van der Waals surface area contributed by atoms with Gasteiger partial charge in [-0.3, -0.25) is 29.8 Å². The zero-order valence-electron chi connectivity index (χ0n) is 17.5. The van der Waals surface area contributed by atoms with Crippen LogP contribution in [0.2, 0.25) is 0 Å². The van der Waals surface area contributed by atoms with Crippen molar-refractivity contribution in [2.75, 3.05) is 5.75 Å². The Hall–Kier alpha value is -2.65. The quantitative estimate of drug-likeness (QED) is 0.338. The van der Waals surface area contributed by atoms with E-state index >= 15 is 0 Å². The van der Waals surface area contributed by atoms with Crippen molar-refractivity contribution >= 4 is 45.1 Å². The van der Waals surface area contributed by atoms with Gasteiger partial charge >= 0.3 is 0 Å². The molecule has 0 saturated heterocycles. The zero-order chi connectivity index (χ0) is 22.0. The second kappa shape index (κ2) is 9.23. The summed E-state index contributed by atoms with van der Waals surface area (Å²) in [5.74, 6) is -0.702. The van der Waals surface area contributed by atoms with Crippen LogP contribution in [0.15, 0.2) is 34.2 Å². The molecule has 2 N–H and O–H groups in total. The average Bonchev–Trinajstić information content (AvgIpc) is 3.34. The largest absolute Gasteiger partial charge is 0.287 e. The van der Waals surface area contributed by atoms with Crippen LogP contribution in [0, 0.1) is 6.92 Å². The Labute approximate surface area is 188 Å². The standard InChI is InChI=1S/C22H24N4O3S2/c1-3-11-26-21(29)18-15-5-4-6-16(15)31-20(18)23-22(26)30-12-17(27)24-25-19(28)14-9-7-13(2)8-10-14/h7-10H,3-6,11-12H2,1-2H3,(H,24,27)(H,25,28). The van der Waals surface area contributed by atoms with Gasteiger partial charge in [-0.15, -0.1) is 11.3 Å². The third-order valence-corrected chi connectivity index (χ3v) is 7.36. The van der Waals surface area contributed by atoms with E-state index in [0.29, 0.717) is 17.3 Å². The van der Waals surface area contributed by atoms with Gasteiger partial charge in [0.05, 0.1) is 11.1 Å². The monoisotopic (exact) mass is 456 g/mol. The maximum absolute atomic E-state index is 13.2. The predicted octanol–water partition coefficient (Wildman–Crippen LogP) is 3.22. The van der Waals surface area contributed by atoms with Crippen LogP contribution in [0.25, 0.3) is 10.2 Å². The first-order valence-corrected chi connectivity index (χ1v) is 12.1. The van der Waals surface area contributed by atoms with Crippen molar-refractivity contribution < 1.29 is 9.59 Å². The van der Waals surface area contributed by atoms with Crippen LogP contribution >= 0.6 is 23.1 Å². The van der Waals surface area contributed by atoms with Crippen molar-refractivity contribution in [2.24, 2.45) is 0 Å². The molecule has 1 aliphatic carbocycles. The minimum absolute atomic E-state index is 0.0122. The second-order valence-electron chi connectivity index (χ2n) is 7.55. The van der Waals surface area contributed by atoms with Crippen molar-refractivity contribution in [2.45, 2.75) is 51.2 Å². The summed E-state index contributed by atoms with van der Waals surface area (Å²) >= 11 is 2.80. The van der Waals surface area contributed by atoms with E-state index < -0.39 is 0 Å². The predicted molar refractivity (Wildman–Crippen MR) is 124 cm³/mol. The molecule has 4 rings (SSSR count). The number of nitrogens with one attached hydrogen (secondary N) is 2. The van der Waals surface area contributed by atoms with Gasteiger partial charge in [-0.2, -0.15) is 0 Å². The minimum atomic E-state index is -0.381. The van der Waals surface area contributed by atoms with Crippen molar-refractivity contribution in [1.29, 1.82) is 0 Å². The highest BCUT2D eigenvalue weighted by Crippen LogP contribution is 2.35. The van der Waals surface area contributed by atoms with E-state index in [-0.39, 0.29) is 23.1 Å². The molecule has 0 spiro atoms. The lowest BCUT2D eigenvalue weighted by molar-refractivity contribution is -0.119. The number of aryl methyl sites for hydroxylation is 3. The van der Waals surface area contributed by atoms with Crippen molar-refractivity contribution in [1.82, 2.24) is 20.4 Å². The highest BCUT2D eigenvalue weighted by Gasteiger charge is 2.23. The third-order valence-electron chi connectivity index (χ3n) is 5.20. The molecule has 1 aliphatic rings. The molecule has 0 radical (unpaired) electrons.